The molecule has 3 nitrogen and oxygen atoms in total. The van der Waals surface area contributed by atoms with E-state index in [1.165, 1.54) is 0 Å². The minimum absolute atomic E-state index is 0.0305. The van der Waals surface area contributed by atoms with Gasteiger partial charge in [-0.05, 0) is 56.2 Å². The van der Waals surface area contributed by atoms with Crippen LogP contribution in [-0.4, -0.2) is 18.5 Å². The number of carbonyl (C=O) groups excluding carboxylic acids is 1. The third kappa shape index (κ3) is 3.24. The third-order valence-electron chi connectivity index (χ3n) is 3.38. The standard InChI is InChI=1S/C18H18O3/c1-2-20-17-6-4-3-5-16(17)18(19)13-7-9-14(10-8-13)21-15-11-12-15/h3-10,15H,2,11-12H2,1H3. The molecular formula is C18H18O3. The Bertz CT molecular complexity index is 627. The highest BCUT2D eigenvalue weighted by Gasteiger charge is 2.23. The molecule has 1 fully saturated rings. The van der Waals surface area contributed by atoms with Crippen LogP contribution >= 0.6 is 0 Å². The molecule has 0 radical (unpaired) electrons. The second-order valence-electron chi connectivity index (χ2n) is 5.10. The molecule has 21 heavy (non-hydrogen) atoms. The molecule has 1 aliphatic carbocycles. The fourth-order valence-electron chi connectivity index (χ4n) is 2.15. The minimum atomic E-state index is -0.0305. The Kier molecular flexibility index (Phi) is 3.91. The van der Waals surface area contributed by atoms with Gasteiger partial charge in [0.1, 0.15) is 11.5 Å². The Labute approximate surface area is 124 Å². The number of rotatable bonds is 6. The molecule has 0 bridgehead atoms. The molecule has 0 spiro atoms. The van der Waals surface area contributed by atoms with Crippen molar-refractivity contribution < 1.29 is 14.3 Å². The van der Waals surface area contributed by atoms with E-state index < -0.39 is 0 Å². The van der Waals surface area contributed by atoms with Gasteiger partial charge >= 0.3 is 0 Å². The van der Waals surface area contributed by atoms with Gasteiger partial charge in [-0.3, -0.25) is 4.79 Å². The molecule has 0 unspecified atom stereocenters. The van der Waals surface area contributed by atoms with Gasteiger partial charge in [-0.25, -0.2) is 0 Å². The van der Waals surface area contributed by atoms with E-state index in [2.05, 4.69) is 0 Å². The first-order valence-electron chi connectivity index (χ1n) is 7.31. The van der Waals surface area contributed by atoms with Crippen molar-refractivity contribution in [2.24, 2.45) is 0 Å². The fourth-order valence-corrected chi connectivity index (χ4v) is 2.15. The van der Waals surface area contributed by atoms with Crippen LogP contribution in [0, 0.1) is 0 Å². The molecule has 3 heteroatoms. The molecule has 0 amide bonds. The zero-order chi connectivity index (χ0) is 14.7. The van der Waals surface area contributed by atoms with Gasteiger partial charge in [-0.2, -0.15) is 0 Å². The Balaban J connectivity index is 1.80. The van der Waals surface area contributed by atoms with Gasteiger partial charge in [-0.15, -0.1) is 0 Å². The van der Waals surface area contributed by atoms with Crippen molar-refractivity contribution in [1.82, 2.24) is 0 Å². The quantitative estimate of drug-likeness (QED) is 0.755. The first kappa shape index (κ1) is 13.7. The maximum absolute atomic E-state index is 12.6. The SMILES string of the molecule is CCOc1ccccc1C(=O)c1ccc(OC2CC2)cc1. The summed E-state index contributed by atoms with van der Waals surface area (Å²) < 4.78 is 11.2. The molecule has 1 aliphatic rings. The molecule has 2 aromatic carbocycles. The van der Waals surface area contributed by atoms with Crippen molar-refractivity contribution in [2.45, 2.75) is 25.9 Å². The van der Waals surface area contributed by atoms with Gasteiger partial charge in [0.05, 0.1) is 18.3 Å². The minimum Gasteiger partial charge on any atom is -0.493 e. The molecule has 0 atom stereocenters. The summed E-state index contributed by atoms with van der Waals surface area (Å²) in [6, 6.07) is 14.7. The fraction of sp³-hybridized carbons (Fsp3) is 0.278. The number of hydrogen-bond acceptors (Lipinski definition) is 3. The van der Waals surface area contributed by atoms with Crippen molar-refractivity contribution in [2.75, 3.05) is 6.61 Å². The van der Waals surface area contributed by atoms with Gasteiger partial charge < -0.3 is 9.47 Å². The third-order valence-corrected chi connectivity index (χ3v) is 3.38. The summed E-state index contributed by atoms with van der Waals surface area (Å²) in [7, 11) is 0. The van der Waals surface area contributed by atoms with Crippen molar-refractivity contribution in [3.8, 4) is 11.5 Å². The van der Waals surface area contributed by atoms with Crippen LogP contribution in [0.3, 0.4) is 0 Å². The van der Waals surface area contributed by atoms with Crippen LogP contribution in [0.4, 0.5) is 0 Å². The molecule has 0 saturated heterocycles. The van der Waals surface area contributed by atoms with Gasteiger partial charge in [0.15, 0.2) is 5.78 Å². The van der Waals surface area contributed by atoms with E-state index in [0.29, 0.717) is 29.6 Å². The van der Waals surface area contributed by atoms with E-state index in [1.54, 1.807) is 6.07 Å². The predicted molar refractivity (Wildman–Crippen MR) is 81.1 cm³/mol. The second-order valence-corrected chi connectivity index (χ2v) is 5.10. The van der Waals surface area contributed by atoms with Crippen LogP contribution in [0.2, 0.25) is 0 Å². The van der Waals surface area contributed by atoms with Gasteiger partial charge in [0.2, 0.25) is 0 Å². The lowest BCUT2D eigenvalue weighted by molar-refractivity contribution is 0.103. The number of carbonyl (C=O) groups is 1. The zero-order valence-corrected chi connectivity index (χ0v) is 12.0. The van der Waals surface area contributed by atoms with Crippen LogP contribution in [0.15, 0.2) is 48.5 Å². The Hall–Kier alpha value is -2.29. The van der Waals surface area contributed by atoms with Crippen molar-refractivity contribution in [1.29, 1.82) is 0 Å². The smallest absolute Gasteiger partial charge is 0.196 e. The normalized spacial score (nSPS) is 13.8. The maximum atomic E-state index is 12.6. The summed E-state index contributed by atoms with van der Waals surface area (Å²) in [6.45, 7) is 2.45. The van der Waals surface area contributed by atoms with Crippen LogP contribution in [0.25, 0.3) is 0 Å². The van der Waals surface area contributed by atoms with Crippen LogP contribution in [0.1, 0.15) is 35.7 Å². The summed E-state index contributed by atoms with van der Waals surface area (Å²) in [5.41, 5.74) is 1.24. The number of ether oxygens (including phenoxy) is 2. The largest absolute Gasteiger partial charge is 0.493 e. The molecule has 2 aromatic rings. The molecule has 0 N–H and O–H groups in total. The first-order chi connectivity index (χ1) is 10.3. The van der Waals surface area contributed by atoms with Crippen LogP contribution in [-0.2, 0) is 0 Å². The lowest BCUT2D eigenvalue weighted by Crippen LogP contribution is -2.05. The molecule has 0 aliphatic heterocycles. The van der Waals surface area contributed by atoms with Gasteiger partial charge in [0, 0.05) is 5.56 Å². The lowest BCUT2D eigenvalue weighted by Gasteiger charge is -2.09. The van der Waals surface area contributed by atoms with Crippen molar-refractivity contribution >= 4 is 5.78 Å². The number of benzene rings is 2. The topological polar surface area (TPSA) is 35.5 Å². The molecule has 0 heterocycles. The molecular weight excluding hydrogens is 264 g/mol. The van der Waals surface area contributed by atoms with Crippen LogP contribution in [0.5, 0.6) is 11.5 Å². The number of hydrogen-bond donors (Lipinski definition) is 0. The van der Waals surface area contributed by atoms with Crippen LogP contribution < -0.4 is 9.47 Å². The molecule has 0 aromatic heterocycles. The summed E-state index contributed by atoms with van der Waals surface area (Å²) in [5.74, 6) is 1.42. The monoisotopic (exact) mass is 282 g/mol. The number of para-hydroxylation sites is 1. The summed E-state index contributed by atoms with van der Waals surface area (Å²) >= 11 is 0. The Morgan fingerprint density at radius 1 is 1.10 bits per heavy atom. The Morgan fingerprint density at radius 2 is 1.81 bits per heavy atom. The van der Waals surface area contributed by atoms with E-state index in [-0.39, 0.29) is 5.78 Å². The van der Waals surface area contributed by atoms with Gasteiger partial charge in [0.25, 0.3) is 0 Å². The van der Waals surface area contributed by atoms with Gasteiger partial charge in [-0.1, -0.05) is 12.1 Å². The molecule has 1 saturated carbocycles. The maximum Gasteiger partial charge on any atom is 0.196 e. The number of ketones is 1. The Morgan fingerprint density at radius 3 is 2.48 bits per heavy atom. The van der Waals surface area contributed by atoms with E-state index in [0.717, 1.165) is 18.6 Å². The highest BCUT2D eigenvalue weighted by Crippen LogP contribution is 2.27. The average molecular weight is 282 g/mol. The lowest BCUT2D eigenvalue weighted by atomic mass is 10.0. The highest BCUT2D eigenvalue weighted by atomic mass is 16.5. The summed E-state index contributed by atoms with van der Waals surface area (Å²) in [4.78, 5) is 12.6. The van der Waals surface area contributed by atoms with Crippen molar-refractivity contribution in [3.05, 3.63) is 59.7 Å². The highest BCUT2D eigenvalue weighted by molar-refractivity contribution is 6.10. The molecule has 3 rings (SSSR count). The predicted octanol–water partition coefficient (Wildman–Crippen LogP) is 3.86. The van der Waals surface area contributed by atoms with E-state index in [1.807, 2.05) is 49.4 Å². The summed E-state index contributed by atoms with van der Waals surface area (Å²) in [6.07, 6.45) is 2.62. The summed E-state index contributed by atoms with van der Waals surface area (Å²) in [5, 5.41) is 0. The van der Waals surface area contributed by atoms with E-state index >= 15 is 0 Å². The molecule has 108 valence electrons. The van der Waals surface area contributed by atoms with E-state index in [4.69, 9.17) is 9.47 Å². The first-order valence-corrected chi connectivity index (χ1v) is 7.31. The van der Waals surface area contributed by atoms with E-state index in [9.17, 15) is 4.79 Å². The second kappa shape index (κ2) is 6.00. The average Bonchev–Trinajstić information content (AvgIpc) is 3.32. The zero-order valence-electron chi connectivity index (χ0n) is 12.0. The van der Waals surface area contributed by atoms with Crippen molar-refractivity contribution in [3.63, 3.8) is 0 Å².